The number of hydrogen-bond donors (Lipinski definition) is 0. The lowest BCUT2D eigenvalue weighted by molar-refractivity contribution is -0.149. The van der Waals surface area contributed by atoms with Crippen LogP contribution >= 0.6 is 0 Å². The fourth-order valence-electron chi connectivity index (χ4n) is 3.32. The minimum Gasteiger partial charge on any atom is -0.469 e. The lowest BCUT2D eigenvalue weighted by Crippen LogP contribution is -2.33. The molecule has 0 saturated heterocycles. The maximum atomic E-state index is 12.5. The summed E-state index contributed by atoms with van der Waals surface area (Å²) in [4.78, 5) is 47.0. The molecule has 0 radical (unpaired) electrons. The molecule has 1 rings (SSSR count). The van der Waals surface area contributed by atoms with Gasteiger partial charge in [-0.25, -0.2) is 0 Å². The van der Waals surface area contributed by atoms with E-state index in [-0.39, 0.29) is 18.6 Å². The van der Waals surface area contributed by atoms with E-state index in [9.17, 15) is 19.2 Å². The van der Waals surface area contributed by atoms with Crippen molar-refractivity contribution in [1.29, 1.82) is 0 Å². The lowest BCUT2D eigenvalue weighted by atomic mass is 9.91. The topological polar surface area (TPSA) is 96.0 Å². The number of methoxy groups -OCH3 is 1. The summed E-state index contributed by atoms with van der Waals surface area (Å²) in [5, 5.41) is 0. The summed E-state index contributed by atoms with van der Waals surface area (Å²) in [7, 11) is 1.29. The molecule has 0 saturated carbocycles. The van der Waals surface area contributed by atoms with Gasteiger partial charge in [-0.15, -0.1) is 0 Å². The molecule has 0 aromatic heterocycles. The third-order valence-corrected chi connectivity index (χ3v) is 4.88. The molecule has 2 atom stereocenters. The second kappa shape index (κ2) is 14.2. The summed E-state index contributed by atoms with van der Waals surface area (Å²) in [6, 6.07) is 0. The molecule has 0 fully saturated rings. The van der Waals surface area contributed by atoms with Gasteiger partial charge in [0.05, 0.1) is 7.11 Å². The maximum absolute atomic E-state index is 12.5. The van der Waals surface area contributed by atoms with Crippen molar-refractivity contribution in [3.63, 3.8) is 0 Å². The van der Waals surface area contributed by atoms with E-state index < -0.39 is 29.6 Å². The molecular formula is C25H34O7. The zero-order valence-electron chi connectivity index (χ0n) is 19.4. The number of allylic oxidation sites excluding steroid dienone is 4. The molecule has 0 N–H and O–H groups in total. The van der Waals surface area contributed by atoms with Crippen molar-refractivity contribution in [3.8, 4) is 0 Å². The Labute approximate surface area is 190 Å². The van der Waals surface area contributed by atoms with E-state index in [1.165, 1.54) is 27.0 Å². The summed E-state index contributed by atoms with van der Waals surface area (Å²) >= 11 is 0. The van der Waals surface area contributed by atoms with E-state index in [4.69, 9.17) is 9.47 Å². The Hall–Kier alpha value is -2.96. The summed E-state index contributed by atoms with van der Waals surface area (Å²) in [5.41, 5.74) is -0.853. The lowest BCUT2D eigenvalue weighted by Gasteiger charge is -2.27. The SMILES string of the molecule is CCCCC/C=C\C[C@@]1(OC(C)=O)C=CC(=O)/C1=C/C=C\[C@H](CCC(=O)OC)OC(C)=O. The first kappa shape index (κ1) is 27.1. The summed E-state index contributed by atoms with van der Waals surface area (Å²) in [5.74, 6) is -1.65. The molecular weight excluding hydrogens is 412 g/mol. The predicted molar refractivity (Wildman–Crippen MR) is 121 cm³/mol. The van der Waals surface area contributed by atoms with Crippen LogP contribution in [-0.4, -0.2) is 42.5 Å². The number of esters is 3. The number of rotatable bonds is 13. The van der Waals surface area contributed by atoms with Gasteiger partial charge >= 0.3 is 17.9 Å². The number of hydrogen-bond acceptors (Lipinski definition) is 7. The molecule has 1 aliphatic rings. The molecule has 0 aliphatic heterocycles. The molecule has 7 heteroatoms. The first-order valence-electron chi connectivity index (χ1n) is 10.9. The molecule has 0 aromatic rings. The predicted octanol–water partition coefficient (Wildman–Crippen LogP) is 4.32. The molecule has 0 aromatic carbocycles. The van der Waals surface area contributed by atoms with Crippen molar-refractivity contribution in [1.82, 2.24) is 0 Å². The highest BCUT2D eigenvalue weighted by atomic mass is 16.6. The van der Waals surface area contributed by atoms with Crippen molar-refractivity contribution in [3.05, 3.63) is 48.1 Å². The molecule has 0 unspecified atom stereocenters. The van der Waals surface area contributed by atoms with Crippen LogP contribution in [0.3, 0.4) is 0 Å². The fourth-order valence-corrected chi connectivity index (χ4v) is 3.32. The zero-order chi connectivity index (χ0) is 24.0. The van der Waals surface area contributed by atoms with Crippen LogP contribution in [0.4, 0.5) is 0 Å². The monoisotopic (exact) mass is 446 g/mol. The van der Waals surface area contributed by atoms with Gasteiger partial charge in [-0.3, -0.25) is 19.2 Å². The molecule has 0 spiro atoms. The smallest absolute Gasteiger partial charge is 0.305 e. The largest absolute Gasteiger partial charge is 0.469 e. The maximum Gasteiger partial charge on any atom is 0.305 e. The molecule has 0 amide bonds. The number of carbonyl (C=O) groups is 4. The Morgan fingerprint density at radius 1 is 1.12 bits per heavy atom. The van der Waals surface area contributed by atoms with Crippen LogP contribution in [-0.2, 0) is 33.4 Å². The molecule has 1 aliphatic carbocycles. The van der Waals surface area contributed by atoms with E-state index >= 15 is 0 Å². The highest BCUT2D eigenvalue weighted by Gasteiger charge is 2.41. The minimum atomic E-state index is -1.17. The van der Waals surface area contributed by atoms with Gasteiger partial charge in [0.1, 0.15) is 6.10 Å². The van der Waals surface area contributed by atoms with Crippen LogP contribution in [0.2, 0.25) is 0 Å². The Morgan fingerprint density at radius 2 is 1.88 bits per heavy atom. The molecule has 7 nitrogen and oxygen atoms in total. The van der Waals surface area contributed by atoms with Gasteiger partial charge in [0.2, 0.25) is 0 Å². The second-order valence-electron chi connectivity index (χ2n) is 7.58. The van der Waals surface area contributed by atoms with Crippen molar-refractivity contribution in [2.45, 2.75) is 77.4 Å². The Kier molecular flexibility index (Phi) is 12.0. The Balaban J connectivity index is 3.02. The van der Waals surface area contributed by atoms with E-state index in [0.717, 1.165) is 25.7 Å². The van der Waals surface area contributed by atoms with Crippen LogP contribution in [0.5, 0.6) is 0 Å². The van der Waals surface area contributed by atoms with Gasteiger partial charge < -0.3 is 14.2 Å². The molecule has 32 heavy (non-hydrogen) atoms. The van der Waals surface area contributed by atoms with Gasteiger partial charge in [0.15, 0.2) is 11.4 Å². The first-order chi connectivity index (χ1) is 15.2. The quantitative estimate of drug-likeness (QED) is 0.137. The number of ketones is 1. The summed E-state index contributed by atoms with van der Waals surface area (Å²) in [6.45, 7) is 4.72. The molecule has 176 valence electrons. The highest BCUT2D eigenvalue weighted by molar-refractivity contribution is 6.09. The molecule has 0 bridgehead atoms. The van der Waals surface area contributed by atoms with Gasteiger partial charge in [-0.1, -0.05) is 44.1 Å². The van der Waals surface area contributed by atoms with Gasteiger partial charge in [0.25, 0.3) is 0 Å². The second-order valence-corrected chi connectivity index (χ2v) is 7.58. The van der Waals surface area contributed by atoms with E-state index in [1.807, 2.05) is 12.2 Å². The van der Waals surface area contributed by atoms with Crippen LogP contribution in [0, 0.1) is 0 Å². The number of carbonyl (C=O) groups excluding carboxylic acids is 4. The summed E-state index contributed by atoms with van der Waals surface area (Å²) < 4.78 is 15.4. The Morgan fingerprint density at radius 3 is 2.50 bits per heavy atom. The third-order valence-electron chi connectivity index (χ3n) is 4.88. The van der Waals surface area contributed by atoms with Crippen LogP contribution in [0.25, 0.3) is 0 Å². The van der Waals surface area contributed by atoms with Crippen molar-refractivity contribution in [2.75, 3.05) is 7.11 Å². The van der Waals surface area contributed by atoms with Crippen LogP contribution in [0.15, 0.2) is 48.1 Å². The fraction of sp³-hybridized carbons (Fsp3) is 0.520. The Bertz CT molecular complexity index is 788. The standard InChI is InChI=1S/C25H34O7/c1-5-6-7-8-9-10-17-25(32-20(3)27)18-16-23(28)22(25)13-11-12-21(31-19(2)26)14-15-24(29)30-4/h9-13,16,18,21H,5-8,14-15,17H2,1-4H3/b10-9-,12-11-,22-13-/t21-,25-/m1/s1. The minimum absolute atomic E-state index is 0.0794. The highest BCUT2D eigenvalue weighted by Crippen LogP contribution is 2.34. The summed E-state index contributed by atoms with van der Waals surface area (Å²) in [6.07, 6.45) is 16.0. The number of ether oxygens (including phenoxy) is 3. The van der Waals surface area contributed by atoms with Crippen LogP contribution in [0.1, 0.15) is 65.7 Å². The van der Waals surface area contributed by atoms with Crippen molar-refractivity contribution < 1.29 is 33.4 Å². The average molecular weight is 447 g/mol. The van der Waals surface area contributed by atoms with Gasteiger partial charge in [-0.05, 0) is 37.5 Å². The molecule has 0 heterocycles. The first-order valence-corrected chi connectivity index (χ1v) is 10.9. The van der Waals surface area contributed by atoms with Gasteiger partial charge in [-0.2, -0.15) is 0 Å². The average Bonchev–Trinajstić information content (AvgIpc) is 3.03. The van der Waals surface area contributed by atoms with Crippen molar-refractivity contribution >= 4 is 23.7 Å². The van der Waals surface area contributed by atoms with E-state index in [2.05, 4.69) is 11.7 Å². The third kappa shape index (κ3) is 9.45. The number of unbranched alkanes of at least 4 members (excludes halogenated alkanes) is 3. The normalized spacial score (nSPS) is 20.2. The van der Waals surface area contributed by atoms with E-state index in [1.54, 1.807) is 24.3 Å². The van der Waals surface area contributed by atoms with Crippen molar-refractivity contribution in [2.24, 2.45) is 0 Å². The zero-order valence-corrected chi connectivity index (χ0v) is 19.4. The van der Waals surface area contributed by atoms with E-state index in [0.29, 0.717) is 12.0 Å². The van der Waals surface area contributed by atoms with Gasteiger partial charge in [0, 0.05) is 32.3 Å². The van der Waals surface area contributed by atoms with Crippen LogP contribution < -0.4 is 0 Å².